The summed E-state index contributed by atoms with van der Waals surface area (Å²) < 4.78 is 15.5. The molecule has 2 aromatic heterocycles. The van der Waals surface area contributed by atoms with E-state index in [1.54, 1.807) is 7.11 Å². The molecule has 2 aliphatic carbocycles. The highest BCUT2D eigenvalue weighted by Crippen LogP contribution is 2.42. The first kappa shape index (κ1) is 29.4. The fourth-order valence-electron chi connectivity index (χ4n) is 8.51. The lowest BCUT2D eigenvalue weighted by molar-refractivity contribution is 0.0261. The lowest BCUT2D eigenvalue weighted by Crippen LogP contribution is -2.58. The highest BCUT2D eigenvalue weighted by Gasteiger charge is 2.41. The Hall–Kier alpha value is -4.05. The van der Waals surface area contributed by atoms with Crippen LogP contribution < -0.4 is 10.5 Å². The van der Waals surface area contributed by atoms with Crippen molar-refractivity contribution in [1.82, 2.24) is 23.9 Å². The summed E-state index contributed by atoms with van der Waals surface area (Å²) in [6, 6.07) is 13.1. The summed E-state index contributed by atoms with van der Waals surface area (Å²) in [5, 5.41) is 1.21. The van der Waals surface area contributed by atoms with E-state index in [9.17, 15) is 9.59 Å². The minimum atomic E-state index is -0.245. The third-order valence-electron chi connectivity index (χ3n) is 11.2. The van der Waals surface area contributed by atoms with Crippen LogP contribution in [-0.2, 0) is 18.3 Å². The van der Waals surface area contributed by atoms with Gasteiger partial charge in [-0.05, 0) is 86.5 Å². The Labute approximate surface area is 269 Å². The highest BCUT2D eigenvalue weighted by molar-refractivity contribution is 6.00. The normalized spacial score (nSPS) is 23.4. The quantitative estimate of drug-likeness (QED) is 0.303. The molecule has 3 saturated heterocycles. The van der Waals surface area contributed by atoms with Gasteiger partial charge in [0.1, 0.15) is 11.3 Å². The van der Waals surface area contributed by atoms with Gasteiger partial charge in [-0.2, -0.15) is 0 Å². The number of aromatic nitrogens is 3. The smallest absolute Gasteiger partial charge is 0.409 e. The van der Waals surface area contributed by atoms with Crippen LogP contribution in [0.15, 0.2) is 36.4 Å². The Balaban J connectivity index is 1.19. The van der Waals surface area contributed by atoms with Crippen LogP contribution in [0.2, 0.25) is 0 Å². The van der Waals surface area contributed by atoms with Crippen molar-refractivity contribution >= 4 is 33.9 Å². The molecular weight excluding hydrogens is 580 g/mol. The molecule has 10 heteroatoms. The molecule has 4 aromatic rings. The number of fused-ring (bicyclic) bond motifs is 5. The Bertz CT molecular complexity index is 1830. The number of nitrogens with two attached hydrogens (primary N) is 1. The molecule has 2 bridgehead atoms. The fourth-order valence-corrected chi connectivity index (χ4v) is 8.51. The van der Waals surface area contributed by atoms with Crippen LogP contribution in [0.5, 0.6) is 5.75 Å². The third kappa shape index (κ3) is 4.84. The van der Waals surface area contributed by atoms with Crippen molar-refractivity contribution in [2.45, 2.75) is 69.5 Å². The summed E-state index contributed by atoms with van der Waals surface area (Å²) in [6.07, 6.45) is 7.05. The predicted octanol–water partition coefficient (Wildman–Crippen LogP) is 5.51. The number of benzene rings is 2. The van der Waals surface area contributed by atoms with Crippen LogP contribution in [0, 0.1) is 11.8 Å². The molecule has 9 rings (SSSR count). The van der Waals surface area contributed by atoms with Gasteiger partial charge in [-0.15, -0.1) is 0 Å². The maximum absolute atomic E-state index is 13.9. The summed E-state index contributed by atoms with van der Waals surface area (Å²) >= 11 is 0. The molecule has 0 unspecified atom stereocenters. The molecule has 5 heterocycles. The predicted molar refractivity (Wildman–Crippen MR) is 177 cm³/mol. The number of para-hydroxylation sites is 1. The molecule has 46 heavy (non-hydrogen) atoms. The van der Waals surface area contributed by atoms with Crippen molar-refractivity contribution in [2.75, 3.05) is 33.9 Å². The molecule has 2 amide bonds. The van der Waals surface area contributed by atoms with Gasteiger partial charge in [0.25, 0.3) is 5.91 Å². The largest absolute Gasteiger partial charge is 0.494 e. The molecule has 0 spiro atoms. The van der Waals surface area contributed by atoms with Gasteiger partial charge in [0.05, 0.1) is 30.9 Å². The highest BCUT2D eigenvalue weighted by atomic mass is 16.5. The number of likely N-dealkylation sites (tertiary alicyclic amines) is 1. The van der Waals surface area contributed by atoms with Crippen molar-refractivity contribution in [2.24, 2.45) is 24.6 Å². The van der Waals surface area contributed by atoms with Crippen LogP contribution in [0.4, 0.5) is 4.79 Å². The number of carbonyl (C=O) groups is 2. The number of nitrogens with zero attached hydrogens (tertiary/aromatic N) is 5. The Morgan fingerprint density at radius 3 is 2.48 bits per heavy atom. The number of methoxy groups -OCH3 is 2. The van der Waals surface area contributed by atoms with Gasteiger partial charge in [0.15, 0.2) is 5.82 Å². The topological polar surface area (TPSA) is 108 Å². The number of piperidine rings is 3. The standard InChI is InChI=1S/C36H44N6O4/c1-39-33-29(15-25(17-31(33)45-2)35(43)41-20-24-9-10-26(41)18-28(24)37)38-34(39)30-16-23-5-4-6-27(32(23)42(30)19-21-7-8-21)22-11-13-40(14-12-22)36(44)46-3/h4-6,15-17,21-22,24,26,28H,7-14,18-20,37H2,1-3H3/t24-,26-,28+/m1/s1. The average molecular weight is 625 g/mol. The number of hydrogen-bond acceptors (Lipinski definition) is 6. The SMILES string of the molecule is COC(=O)N1CCC(c2cccc3cc(-c4nc5cc(C(=O)N6C[C@H]7CC[C@@H]6C[C@@H]7N)cc(OC)c5n4C)n(CC4CC4)c23)CC1. The number of carbonyl (C=O) groups excluding carboxylic acids is 2. The summed E-state index contributed by atoms with van der Waals surface area (Å²) in [5.74, 6) is 2.96. The van der Waals surface area contributed by atoms with E-state index >= 15 is 0 Å². The lowest BCUT2D eigenvalue weighted by atomic mass is 9.76. The zero-order chi connectivity index (χ0) is 31.7. The van der Waals surface area contributed by atoms with Crippen LogP contribution in [0.3, 0.4) is 0 Å². The van der Waals surface area contributed by atoms with E-state index in [0.717, 1.165) is 67.7 Å². The Kier molecular flexibility index (Phi) is 7.23. The number of amides is 2. The van der Waals surface area contributed by atoms with Gasteiger partial charge in [0, 0.05) is 56.3 Å². The number of rotatable bonds is 6. The summed E-state index contributed by atoms with van der Waals surface area (Å²) in [4.78, 5) is 35.1. The van der Waals surface area contributed by atoms with E-state index in [0.29, 0.717) is 42.2 Å². The van der Waals surface area contributed by atoms with E-state index in [4.69, 9.17) is 20.2 Å². The van der Waals surface area contributed by atoms with Crippen LogP contribution in [-0.4, -0.2) is 81.9 Å². The third-order valence-corrected chi connectivity index (χ3v) is 11.2. The lowest BCUT2D eigenvalue weighted by Gasteiger charge is -2.48. The number of ether oxygens (including phenoxy) is 2. The van der Waals surface area contributed by atoms with Crippen LogP contribution >= 0.6 is 0 Å². The fraction of sp³-hybridized carbons (Fsp3) is 0.528. The molecule has 0 radical (unpaired) electrons. The zero-order valence-electron chi connectivity index (χ0n) is 27.1. The minimum absolute atomic E-state index is 0.0414. The van der Waals surface area contributed by atoms with Crippen molar-refractivity contribution in [3.8, 4) is 17.3 Å². The maximum atomic E-state index is 13.9. The summed E-state index contributed by atoms with van der Waals surface area (Å²) in [6.45, 7) is 3.06. The van der Waals surface area contributed by atoms with E-state index in [-0.39, 0.29) is 24.1 Å². The van der Waals surface area contributed by atoms with Gasteiger partial charge in [-0.25, -0.2) is 9.78 Å². The second-order valence-corrected chi connectivity index (χ2v) is 14.0. The van der Waals surface area contributed by atoms with Crippen molar-refractivity contribution in [1.29, 1.82) is 0 Å². The van der Waals surface area contributed by atoms with Gasteiger partial charge in [-0.3, -0.25) is 4.79 Å². The van der Waals surface area contributed by atoms with Crippen molar-refractivity contribution < 1.29 is 19.1 Å². The first-order valence-electron chi connectivity index (χ1n) is 16.9. The second-order valence-electron chi connectivity index (χ2n) is 14.0. The van der Waals surface area contributed by atoms with Gasteiger partial charge < -0.3 is 34.1 Å². The monoisotopic (exact) mass is 624 g/mol. The summed E-state index contributed by atoms with van der Waals surface area (Å²) in [5.41, 5.74) is 12.3. The molecule has 3 atom stereocenters. The average Bonchev–Trinajstić information content (AvgIpc) is 3.75. The van der Waals surface area contributed by atoms with E-state index in [1.165, 1.54) is 36.4 Å². The molecule has 5 aliphatic rings. The van der Waals surface area contributed by atoms with Crippen molar-refractivity contribution in [3.05, 3.63) is 47.5 Å². The summed E-state index contributed by atoms with van der Waals surface area (Å²) in [7, 11) is 5.16. The van der Waals surface area contributed by atoms with Gasteiger partial charge in [-0.1, -0.05) is 18.2 Å². The van der Waals surface area contributed by atoms with Crippen LogP contribution in [0.25, 0.3) is 33.5 Å². The van der Waals surface area contributed by atoms with E-state index < -0.39 is 0 Å². The van der Waals surface area contributed by atoms with Gasteiger partial charge in [0.2, 0.25) is 0 Å². The minimum Gasteiger partial charge on any atom is -0.494 e. The molecule has 5 fully saturated rings. The zero-order valence-corrected chi connectivity index (χ0v) is 27.1. The van der Waals surface area contributed by atoms with Crippen LogP contribution in [0.1, 0.15) is 66.8 Å². The molecule has 2 N–H and O–H groups in total. The number of imidazole rings is 1. The van der Waals surface area contributed by atoms with E-state index in [1.807, 2.05) is 29.0 Å². The second kappa shape index (κ2) is 11.3. The molecule has 2 aromatic carbocycles. The molecule has 2 saturated carbocycles. The molecular formula is C36H44N6O4. The molecule has 242 valence electrons. The number of hydrogen-bond donors (Lipinski definition) is 1. The Morgan fingerprint density at radius 2 is 1.80 bits per heavy atom. The first-order valence-corrected chi connectivity index (χ1v) is 16.9. The Morgan fingerprint density at radius 1 is 1.00 bits per heavy atom. The first-order chi connectivity index (χ1) is 22.3. The molecule has 3 aliphatic heterocycles. The maximum Gasteiger partial charge on any atom is 0.409 e. The van der Waals surface area contributed by atoms with E-state index in [2.05, 4.69) is 33.4 Å². The number of aryl methyl sites for hydroxylation is 1. The molecule has 10 nitrogen and oxygen atoms in total. The van der Waals surface area contributed by atoms with Gasteiger partial charge >= 0.3 is 6.09 Å². The van der Waals surface area contributed by atoms with Crippen molar-refractivity contribution in [3.63, 3.8) is 0 Å².